The largest absolute Gasteiger partial charge is 0.313 e. The van der Waals surface area contributed by atoms with Crippen LogP contribution >= 0.6 is 11.6 Å². The molecule has 2 aromatic rings. The van der Waals surface area contributed by atoms with E-state index in [1.54, 1.807) is 0 Å². The van der Waals surface area contributed by atoms with Crippen molar-refractivity contribution in [2.75, 3.05) is 7.05 Å². The van der Waals surface area contributed by atoms with Crippen molar-refractivity contribution >= 4 is 11.6 Å². The second-order valence-corrected chi connectivity index (χ2v) is 5.57. The summed E-state index contributed by atoms with van der Waals surface area (Å²) in [5.41, 5.74) is 5.39. The summed E-state index contributed by atoms with van der Waals surface area (Å²) in [5, 5.41) is 12.5. The molecule has 1 heterocycles. The van der Waals surface area contributed by atoms with Crippen LogP contribution in [0.25, 0.3) is 0 Å². The van der Waals surface area contributed by atoms with Crippen LogP contribution in [0.3, 0.4) is 0 Å². The van der Waals surface area contributed by atoms with Gasteiger partial charge in [-0.3, -0.25) is 0 Å². The maximum absolute atomic E-state index is 6.33. The Labute approximate surface area is 125 Å². The third kappa shape index (κ3) is 3.35. The monoisotopic (exact) mass is 289 g/mol. The van der Waals surface area contributed by atoms with Crippen molar-refractivity contribution < 1.29 is 0 Å². The molecule has 1 aromatic heterocycles. The fourth-order valence-corrected chi connectivity index (χ4v) is 2.64. The summed E-state index contributed by atoms with van der Waals surface area (Å²) >= 11 is 6.33. The molecule has 0 aliphatic carbocycles. The number of hydrogen-bond donors (Lipinski definition) is 1. The Balaban J connectivity index is 2.31. The van der Waals surface area contributed by atoms with Crippen LogP contribution in [0.1, 0.15) is 34.1 Å². The fourth-order valence-electron chi connectivity index (χ4n) is 2.33. The molecule has 0 radical (unpaired) electrons. The van der Waals surface area contributed by atoms with Gasteiger partial charge in [0.2, 0.25) is 0 Å². The molecule has 0 amide bonds. The van der Waals surface area contributed by atoms with Crippen LogP contribution in [0.15, 0.2) is 24.3 Å². The first-order valence-corrected chi connectivity index (χ1v) is 7.12. The summed E-state index contributed by atoms with van der Waals surface area (Å²) in [6, 6.07) is 8.47. The van der Waals surface area contributed by atoms with Gasteiger partial charge in [-0.1, -0.05) is 23.7 Å². The van der Waals surface area contributed by atoms with Gasteiger partial charge in [0.1, 0.15) is 0 Å². The predicted octanol–water partition coefficient (Wildman–Crippen LogP) is 3.56. The van der Waals surface area contributed by atoms with E-state index in [0.29, 0.717) is 0 Å². The van der Waals surface area contributed by atoms with Crippen molar-refractivity contribution in [1.29, 1.82) is 0 Å². The van der Waals surface area contributed by atoms with Crippen LogP contribution in [-0.4, -0.2) is 17.2 Å². The minimum absolute atomic E-state index is 0.185. The van der Waals surface area contributed by atoms with Gasteiger partial charge in [0, 0.05) is 11.1 Å². The Kier molecular flexibility index (Phi) is 4.73. The molecule has 0 bridgehead atoms. The lowest BCUT2D eigenvalue weighted by Gasteiger charge is -2.19. The zero-order valence-electron chi connectivity index (χ0n) is 12.4. The number of aryl methyl sites for hydroxylation is 3. The van der Waals surface area contributed by atoms with Gasteiger partial charge in [0.25, 0.3) is 0 Å². The van der Waals surface area contributed by atoms with Crippen molar-refractivity contribution in [2.24, 2.45) is 0 Å². The molecule has 1 unspecified atom stereocenters. The average molecular weight is 290 g/mol. The zero-order chi connectivity index (χ0) is 14.7. The number of aromatic nitrogens is 2. The second-order valence-electron chi connectivity index (χ2n) is 5.17. The molecule has 0 saturated carbocycles. The predicted molar refractivity (Wildman–Crippen MR) is 83.2 cm³/mol. The highest BCUT2D eigenvalue weighted by atomic mass is 35.5. The van der Waals surface area contributed by atoms with Crippen LogP contribution in [0.5, 0.6) is 0 Å². The molecule has 0 fully saturated rings. The summed E-state index contributed by atoms with van der Waals surface area (Å²) in [5.74, 6) is 0. The van der Waals surface area contributed by atoms with Crippen molar-refractivity contribution in [3.63, 3.8) is 0 Å². The quantitative estimate of drug-likeness (QED) is 0.935. The zero-order valence-corrected chi connectivity index (χ0v) is 13.1. The van der Waals surface area contributed by atoms with Crippen LogP contribution in [0, 0.1) is 20.8 Å². The molecule has 3 nitrogen and oxygen atoms in total. The maximum Gasteiger partial charge on any atom is 0.0648 e. The Hall–Kier alpha value is -1.45. The lowest BCUT2D eigenvalue weighted by molar-refractivity contribution is 0.582. The fraction of sp³-hybridized carbons (Fsp3) is 0.375. The number of halogens is 1. The number of benzene rings is 1. The van der Waals surface area contributed by atoms with E-state index in [2.05, 4.69) is 33.7 Å². The lowest BCUT2D eigenvalue weighted by Crippen LogP contribution is -2.21. The van der Waals surface area contributed by atoms with Gasteiger partial charge >= 0.3 is 0 Å². The smallest absolute Gasteiger partial charge is 0.0648 e. The summed E-state index contributed by atoms with van der Waals surface area (Å²) in [7, 11) is 1.96. The molecule has 0 aliphatic heterocycles. The van der Waals surface area contributed by atoms with Crippen LogP contribution in [0.4, 0.5) is 0 Å². The van der Waals surface area contributed by atoms with Gasteiger partial charge in [0.15, 0.2) is 0 Å². The Morgan fingerprint density at radius 3 is 2.55 bits per heavy atom. The summed E-state index contributed by atoms with van der Waals surface area (Å²) in [6.07, 6.45) is 0.835. The molecule has 0 saturated heterocycles. The first kappa shape index (κ1) is 14.9. The molecule has 20 heavy (non-hydrogen) atoms. The normalized spacial score (nSPS) is 12.4. The Bertz CT molecular complexity index is 611. The van der Waals surface area contributed by atoms with Crippen molar-refractivity contribution in [2.45, 2.75) is 33.2 Å². The number of likely N-dealkylation sites (N-methyl/N-ethyl adjacent to an activating group) is 1. The number of nitrogens with zero attached hydrogens (tertiary/aromatic N) is 2. The van der Waals surface area contributed by atoms with Gasteiger partial charge in [0.05, 0.1) is 11.4 Å². The highest BCUT2D eigenvalue weighted by Gasteiger charge is 2.15. The highest BCUT2D eigenvalue weighted by molar-refractivity contribution is 6.31. The molecule has 1 atom stereocenters. The van der Waals surface area contributed by atoms with Crippen molar-refractivity contribution in [3.05, 3.63) is 57.4 Å². The molecular formula is C16H20ClN3. The molecule has 4 heteroatoms. The topological polar surface area (TPSA) is 37.8 Å². The Morgan fingerprint density at radius 2 is 1.90 bits per heavy atom. The van der Waals surface area contributed by atoms with Crippen LogP contribution in [0.2, 0.25) is 5.02 Å². The third-order valence-electron chi connectivity index (χ3n) is 3.50. The standard InChI is InChI=1S/C16H20ClN3/c1-10-5-6-13(15(17)7-10)9-16(18-4)14-8-11(2)19-20-12(14)3/h5-8,16,18H,9H2,1-4H3. The molecular weight excluding hydrogens is 270 g/mol. The van der Waals surface area contributed by atoms with E-state index in [4.69, 9.17) is 11.6 Å². The number of hydrogen-bond acceptors (Lipinski definition) is 3. The van der Waals surface area contributed by atoms with E-state index in [1.807, 2.05) is 33.9 Å². The molecule has 106 valence electrons. The first-order valence-electron chi connectivity index (χ1n) is 6.74. The summed E-state index contributed by atoms with van der Waals surface area (Å²) in [4.78, 5) is 0. The SMILES string of the molecule is CNC(Cc1ccc(C)cc1Cl)c1cc(C)nnc1C. The maximum atomic E-state index is 6.33. The summed E-state index contributed by atoms with van der Waals surface area (Å²) in [6.45, 7) is 6.00. The molecule has 0 aliphatic rings. The lowest BCUT2D eigenvalue weighted by atomic mass is 9.97. The van der Waals surface area contributed by atoms with Crippen molar-refractivity contribution in [3.8, 4) is 0 Å². The van der Waals surface area contributed by atoms with E-state index in [0.717, 1.165) is 28.4 Å². The Morgan fingerprint density at radius 1 is 1.15 bits per heavy atom. The van der Waals surface area contributed by atoms with E-state index in [-0.39, 0.29) is 6.04 Å². The van der Waals surface area contributed by atoms with Gasteiger partial charge in [-0.25, -0.2) is 0 Å². The van der Waals surface area contributed by atoms with Crippen LogP contribution < -0.4 is 5.32 Å². The van der Waals surface area contributed by atoms with Gasteiger partial charge in [-0.2, -0.15) is 10.2 Å². The number of nitrogens with one attached hydrogen (secondary N) is 1. The molecule has 1 N–H and O–H groups in total. The number of rotatable bonds is 4. The van der Waals surface area contributed by atoms with Gasteiger partial charge in [-0.15, -0.1) is 0 Å². The van der Waals surface area contributed by atoms with E-state index < -0.39 is 0 Å². The first-order chi connectivity index (χ1) is 9.51. The van der Waals surface area contributed by atoms with E-state index in [9.17, 15) is 0 Å². The summed E-state index contributed by atoms with van der Waals surface area (Å²) < 4.78 is 0. The minimum Gasteiger partial charge on any atom is -0.313 e. The molecule has 1 aromatic carbocycles. The van der Waals surface area contributed by atoms with Crippen LogP contribution in [-0.2, 0) is 6.42 Å². The highest BCUT2D eigenvalue weighted by Crippen LogP contribution is 2.25. The molecule has 0 spiro atoms. The van der Waals surface area contributed by atoms with Gasteiger partial charge < -0.3 is 5.32 Å². The third-order valence-corrected chi connectivity index (χ3v) is 3.85. The minimum atomic E-state index is 0.185. The molecule has 2 rings (SSSR count). The average Bonchev–Trinajstić information content (AvgIpc) is 2.41. The van der Waals surface area contributed by atoms with E-state index in [1.165, 1.54) is 11.1 Å². The second kappa shape index (κ2) is 6.33. The van der Waals surface area contributed by atoms with E-state index >= 15 is 0 Å². The van der Waals surface area contributed by atoms with Crippen molar-refractivity contribution in [1.82, 2.24) is 15.5 Å². The van der Waals surface area contributed by atoms with Gasteiger partial charge in [-0.05, 0) is 63.1 Å².